The van der Waals surface area contributed by atoms with Crippen molar-refractivity contribution in [2.45, 2.75) is 0 Å². The largest absolute Gasteiger partial charge is 0.309 e. The molecule has 12 aromatic rings. The first-order valence-electron chi connectivity index (χ1n) is 18.8. The third-order valence-electron chi connectivity index (χ3n) is 12.0. The van der Waals surface area contributed by atoms with Crippen LogP contribution >= 0.6 is 22.7 Å². The summed E-state index contributed by atoms with van der Waals surface area (Å²) in [4.78, 5) is 0. The molecule has 3 heteroatoms. The van der Waals surface area contributed by atoms with Crippen molar-refractivity contribution in [3.63, 3.8) is 0 Å². The van der Waals surface area contributed by atoms with Gasteiger partial charge in [-0.05, 0) is 104 Å². The molecular weight excluding hydrogens is 703 g/mol. The van der Waals surface area contributed by atoms with Crippen LogP contribution in [0.4, 0.5) is 0 Å². The van der Waals surface area contributed by atoms with Crippen molar-refractivity contribution in [1.82, 2.24) is 4.57 Å². The van der Waals surface area contributed by atoms with Gasteiger partial charge in [-0.15, -0.1) is 22.7 Å². The number of hydrogen-bond acceptors (Lipinski definition) is 2. The molecule has 0 saturated carbocycles. The highest BCUT2D eigenvalue weighted by atomic mass is 32.1. The normalized spacial score (nSPS) is 12.4. The van der Waals surface area contributed by atoms with Crippen molar-refractivity contribution in [2.75, 3.05) is 0 Å². The van der Waals surface area contributed by atoms with Gasteiger partial charge in [0.25, 0.3) is 0 Å². The summed E-state index contributed by atoms with van der Waals surface area (Å²) in [5, 5.41) is 10.5. The van der Waals surface area contributed by atoms with Gasteiger partial charge in [-0.25, -0.2) is 0 Å². The summed E-state index contributed by atoms with van der Waals surface area (Å²) < 4.78 is 7.86. The quantitative estimate of drug-likeness (QED) is 0.171. The second-order valence-corrected chi connectivity index (χ2v) is 16.9. The van der Waals surface area contributed by atoms with Crippen molar-refractivity contribution in [2.24, 2.45) is 0 Å². The highest BCUT2D eigenvalue weighted by Crippen LogP contribution is 2.51. The predicted molar refractivity (Wildman–Crippen MR) is 239 cm³/mol. The van der Waals surface area contributed by atoms with E-state index < -0.39 is 0 Å². The van der Waals surface area contributed by atoms with Crippen LogP contribution in [0.2, 0.25) is 0 Å². The molecule has 13 rings (SSSR count). The average molecular weight is 732 g/mol. The molecule has 0 fully saturated rings. The number of aromatic nitrogens is 1. The Balaban J connectivity index is 0.979. The topological polar surface area (TPSA) is 4.93 Å². The average Bonchev–Trinajstić information content (AvgIpc) is 3.99. The second-order valence-electron chi connectivity index (χ2n) is 14.8. The van der Waals surface area contributed by atoms with Gasteiger partial charge in [0.2, 0.25) is 0 Å². The summed E-state index contributed by atoms with van der Waals surface area (Å²) in [6.07, 6.45) is 0. The van der Waals surface area contributed by atoms with E-state index in [9.17, 15) is 0 Å². The molecule has 9 aromatic carbocycles. The molecule has 0 bridgehead atoms. The molecule has 1 aliphatic rings. The summed E-state index contributed by atoms with van der Waals surface area (Å²) >= 11 is 3.77. The Labute approximate surface area is 324 Å². The van der Waals surface area contributed by atoms with Gasteiger partial charge in [-0.1, -0.05) is 121 Å². The van der Waals surface area contributed by atoms with Gasteiger partial charge in [0.15, 0.2) is 0 Å². The van der Waals surface area contributed by atoms with Crippen LogP contribution in [-0.2, 0) is 0 Å². The minimum absolute atomic E-state index is 1.22. The lowest BCUT2D eigenvalue weighted by molar-refractivity contribution is 1.20. The number of fused-ring (bicyclic) bond motifs is 12. The molecule has 254 valence electrons. The molecule has 0 aliphatic heterocycles. The van der Waals surface area contributed by atoms with Gasteiger partial charge in [0, 0.05) is 56.5 Å². The zero-order chi connectivity index (χ0) is 35.8. The molecule has 0 amide bonds. The smallest absolute Gasteiger partial charge is 0.0541 e. The molecule has 0 atom stereocenters. The van der Waals surface area contributed by atoms with Crippen molar-refractivity contribution < 1.29 is 0 Å². The number of thiophene rings is 2. The van der Waals surface area contributed by atoms with E-state index >= 15 is 0 Å². The maximum atomic E-state index is 2.49. The van der Waals surface area contributed by atoms with Crippen LogP contribution in [0.15, 0.2) is 176 Å². The van der Waals surface area contributed by atoms with Gasteiger partial charge < -0.3 is 4.57 Å². The van der Waals surface area contributed by atoms with Crippen molar-refractivity contribution in [1.29, 1.82) is 0 Å². The number of hydrogen-bond donors (Lipinski definition) is 0. The van der Waals surface area contributed by atoms with Crippen molar-refractivity contribution in [3.8, 4) is 50.2 Å². The third kappa shape index (κ3) is 4.12. The maximum absolute atomic E-state index is 2.49. The van der Waals surface area contributed by atoms with Crippen LogP contribution < -0.4 is 0 Å². The highest BCUT2D eigenvalue weighted by Gasteiger charge is 2.25. The zero-order valence-corrected chi connectivity index (χ0v) is 31.1. The molecular formula is C52H29NS2. The summed E-state index contributed by atoms with van der Waals surface area (Å²) in [6, 6.07) is 65.9. The highest BCUT2D eigenvalue weighted by molar-refractivity contribution is 7.26. The van der Waals surface area contributed by atoms with E-state index in [1.165, 1.54) is 123 Å². The van der Waals surface area contributed by atoms with Crippen molar-refractivity contribution >= 4 is 95.6 Å². The van der Waals surface area contributed by atoms with Gasteiger partial charge >= 0.3 is 0 Å². The minimum atomic E-state index is 1.22. The Morgan fingerprint density at radius 2 is 0.909 bits per heavy atom. The summed E-state index contributed by atoms with van der Waals surface area (Å²) in [6.45, 7) is 0. The van der Waals surface area contributed by atoms with Crippen molar-refractivity contribution in [3.05, 3.63) is 176 Å². The third-order valence-corrected chi connectivity index (χ3v) is 14.3. The van der Waals surface area contributed by atoms with Crippen LogP contribution in [0.3, 0.4) is 0 Å². The van der Waals surface area contributed by atoms with Gasteiger partial charge in [-0.2, -0.15) is 0 Å². The lowest BCUT2D eigenvalue weighted by atomic mass is 9.96. The van der Waals surface area contributed by atoms with E-state index in [-0.39, 0.29) is 0 Å². The second kappa shape index (κ2) is 11.0. The lowest BCUT2D eigenvalue weighted by Gasteiger charge is -2.13. The Morgan fingerprint density at radius 3 is 1.78 bits per heavy atom. The monoisotopic (exact) mass is 731 g/mol. The predicted octanol–water partition coefficient (Wildman–Crippen LogP) is 15.7. The van der Waals surface area contributed by atoms with Crippen LogP contribution in [-0.4, -0.2) is 4.57 Å². The molecule has 0 spiro atoms. The van der Waals surface area contributed by atoms with Crippen LogP contribution in [0.5, 0.6) is 0 Å². The van der Waals surface area contributed by atoms with Gasteiger partial charge in [-0.3, -0.25) is 0 Å². The first kappa shape index (κ1) is 29.9. The molecule has 55 heavy (non-hydrogen) atoms. The SMILES string of the molecule is c1ccc2c(c1)sc1ccc(-c3ccc4c(c3)c3ccccc3n4-c3ccc4c5c(cccc35)-c3cc(-c5cccc6c5sc5ccccc56)ccc3-4)cc12. The molecule has 0 N–H and O–H groups in total. The minimum Gasteiger partial charge on any atom is -0.309 e. The first-order chi connectivity index (χ1) is 27.3. The number of rotatable bonds is 3. The van der Waals surface area contributed by atoms with Gasteiger partial charge in [0.05, 0.1) is 16.7 Å². The number of nitrogens with zero attached hydrogens (tertiary/aromatic N) is 1. The number of para-hydroxylation sites is 1. The Morgan fingerprint density at radius 1 is 0.309 bits per heavy atom. The standard InChI is InChI=1S/C52H29NS2/c1-4-16-45-35(9-1)43-27-30(31-21-26-50-44(28-31)37-11-3-5-17-48(37)54-50)20-24-47(43)53(45)46-25-23-39-34-22-19-32(29-42(34)38-13-8-15-41(46)51(38)39)33-12-7-14-40-36-10-2-6-18-49(36)55-52(33)40/h1-29H. The summed E-state index contributed by atoms with van der Waals surface area (Å²) in [5.74, 6) is 0. The van der Waals surface area contributed by atoms with E-state index in [0.29, 0.717) is 0 Å². The Kier molecular flexibility index (Phi) is 5.99. The van der Waals surface area contributed by atoms with E-state index in [1.54, 1.807) is 0 Å². The fourth-order valence-electron chi connectivity index (χ4n) is 9.50. The van der Waals surface area contributed by atoms with E-state index in [1.807, 2.05) is 22.7 Å². The molecule has 1 aliphatic carbocycles. The molecule has 1 nitrogen and oxygen atoms in total. The molecule has 0 radical (unpaired) electrons. The molecule has 3 heterocycles. The summed E-state index contributed by atoms with van der Waals surface area (Å²) in [7, 11) is 0. The van der Waals surface area contributed by atoms with Crippen LogP contribution in [0, 0.1) is 0 Å². The van der Waals surface area contributed by atoms with E-state index in [2.05, 4.69) is 180 Å². The zero-order valence-electron chi connectivity index (χ0n) is 29.5. The first-order valence-corrected chi connectivity index (χ1v) is 20.5. The number of benzene rings is 9. The fourth-order valence-corrected chi connectivity index (χ4v) is 11.8. The summed E-state index contributed by atoms with van der Waals surface area (Å²) in [5.41, 5.74) is 14.0. The van der Waals surface area contributed by atoms with Crippen LogP contribution in [0.1, 0.15) is 0 Å². The maximum Gasteiger partial charge on any atom is 0.0541 e. The van der Waals surface area contributed by atoms with E-state index in [0.717, 1.165) is 0 Å². The lowest BCUT2D eigenvalue weighted by Crippen LogP contribution is -1.95. The Bertz CT molecular complexity index is 3610. The van der Waals surface area contributed by atoms with Crippen LogP contribution in [0.25, 0.3) is 123 Å². The molecule has 3 aromatic heterocycles. The fraction of sp³-hybridized carbons (Fsp3) is 0. The molecule has 0 unspecified atom stereocenters. The Hall–Kier alpha value is -6.52. The molecule has 0 saturated heterocycles. The van der Waals surface area contributed by atoms with E-state index in [4.69, 9.17) is 0 Å². The van der Waals surface area contributed by atoms with Gasteiger partial charge in [0.1, 0.15) is 0 Å².